The summed E-state index contributed by atoms with van der Waals surface area (Å²) >= 11 is 3.49. The zero-order chi connectivity index (χ0) is 17.1. The molecule has 0 fully saturated rings. The predicted octanol–water partition coefficient (Wildman–Crippen LogP) is 4.58. The third kappa shape index (κ3) is 3.12. The van der Waals surface area contributed by atoms with Crippen LogP contribution in [0.3, 0.4) is 0 Å². The number of oxime groups is 1. The highest BCUT2D eigenvalue weighted by molar-refractivity contribution is 9.10. The van der Waals surface area contributed by atoms with Crippen molar-refractivity contribution in [1.29, 1.82) is 0 Å². The Kier molecular flexibility index (Phi) is 4.53. The second kappa shape index (κ2) is 6.76. The zero-order valence-electron chi connectivity index (χ0n) is 12.6. The maximum Gasteiger partial charge on any atom is 0.170 e. The van der Waals surface area contributed by atoms with Crippen molar-refractivity contribution >= 4 is 21.8 Å². The van der Waals surface area contributed by atoms with Crippen LogP contribution in [0.15, 0.2) is 76.4 Å². The van der Waals surface area contributed by atoms with Gasteiger partial charge in [-0.2, -0.15) is 0 Å². The first-order valence-electron chi connectivity index (χ1n) is 7.26. The summed E-state index contributed by atoms with van der Waals surface area (Å²) in [5, 5.41) is 21.9. The maximum absolute atomic E-state index is 9.54. The Bertz CT molecular complexity index is 891. The van der Waals surface area contributed by atoms with E-state index in [1.807, 2.05) is 54.6 Å². The van der Waals surface area contributed by atoms with Crippen LogP contribution in [0.2, 0.25) is 0 Å². The maximum atomic E-state index is 9.54. The number of hydrogen-bond donors (Lipinski definition) is 3. The fraction of sp³-hybridized carbons (Fsp3) is 0. The van der Waals surface area contributed by atoms with Gasteiger partial charge in [0.1, 0.15) is 5.75 Å². The normalized spacial score (nSPS) is 11.5. The van der Waals surface area contributed by atoms with Gasteiger partial charge < -0.3 is 16.0 Å². The number of rotatable bonds is 3. The van der Waals surface area contributed by atoms with Gasteiger partial charge in [0.25, 0.3) is 0 Å². The van der Waals surface area contributed by atoms with Crippen LogP contribution in [0.4, 0.5) is 0 Å². The Labute approximate surface area is 148 Å². The van der Waals surface area contributed by atoms with Gasteiger partial charge in [0.05, 0.1) is 0 Å². The molecule has 120 valence electrons. The summed E-state index contributed by atoms with van der Waals surface area (Å²) in [4.78, 5) is 0. The van der Waals surface area contributed by atoms with E-state index < -0.39 is 0 Å². The van der Waals surface area contributed by atoms with Gasteiger partial charge in [0.15, 0.2) is 5.84 Å². The molecule has 0 radical (unpaired) electrons. The summed E-state index contributed by atoms with van der Waals surface area (Å²) in [7, 11) is 0. The van der Waals surface area contributed by atoms with Gasteiger partial charge in [-0.15, -0.1) is 0 Å². The molecule has 0 amide bonds. The molecule has 0 bridgehead atoms. The van der Waals surface area contributed by atoms with E-state index in [1.54, 1.807) is 12.1 Å². The van der Waals surface area contributed by atoms with Crippen molar-refractivity contribution in [3.05, 3.63) is 76.8 Å². The fourth-order valence-corrected chi connectivity index (χ4v) is 3.11. The van der Waals surface area contributed by atoms with Crippen LogP contribution in [0.25, 0.3) is 22.3 Å². The van der Waals surface area contributed by atoms with Crippen LogP contribution in [-0.4, -0.2) is 16.1 Å². The number of halogens is 1. The van der Waals surface area contributed by atoms with Gasteiger partial charge in [0, 0.05) is 15.6 Å². The average molecular weight is 383 g/mol. The van der Waals surface area contributed by atoms with Crippen molar-refractivity contribution in [2.24, 2.45) is 10.9 Å². The largest absolute Gasteiger partial charge is 0.508 e. The van der Waals surface area contributed by atoms with E-state index in [1.165, 1.54) is 0 Å². The topological polar surface area (TPSA) is 78.8 Å². The Hall–Kier alpha value is -2.79. The second-order valence-corrected chi connectivity index (χ2v) is 6.19. The van der Waals surface area contributed by atoms with Crippen LogP contribution < -0.4 is 5.73 Å². The van der Waals surface area contributed by atoms with E-state index in [2.05, 4.69) is 21.1 Å². The van der Waals surface area contributed by atoms with Gasteiger partial charge in [-0.25, -0.2) is 0 Å². The molecule has 0 aliphatic rings. The number of benzene rings is 3. The standard InChI is InChI=1S/C19H15BrN2O2/c20-14-10-16(12-6-8-15(23)9-7-12)18(13-4-2-1-3-5-13)17(11-14)19(21)22-24/h1-11,23-24H,(H2,21,22). The van der Waals surface area contributed by atoms with Crippen LogP contribution >= 0.6 is 15.9 Å². The number of phenols is 1. The molecule has 0 spiro atoms. The second-order valence-electron chi connectivity index (χ2n) is 5.27. The lowest BCUT2D eigenvalue weighted by Gasteiger charge is -2.16. The Balaban J connectivity index is 2.35. The number of amidine groups is 1. The first kappa shape index (κ1) is 16.1. The van der Waals surface area contributed by atoms with Crippen LogP contribution in [0.1, 0.15) is 5.56 Å². The minimum atomic E-state index is 0.0372. The monoisotopic (exact) mass is 382 g/mol. The third-order valence-corrected chi connectivity index (χ3v) is 4.19. The van der Waals surface area contributed by atoms with Gasteiger partial charge >= 0.3 is 0 Å². The summed E-state index contributed by atoms with van der Waals surface area (Å²) in [6.45, 7) is 0. The Morgan fingerprint density at radius 2 is 1.58 bits per heavy atom. The van der Waals surface area contributed by atoms with E-state index in [4.69, 9.17) is 10.9 Å². The lowest BCUT2D eigenvalue weighted by atomic mass is 9.90. The van der Waals surface area contributed by atoms with Crippen molar-refractivity contribution in [3.63, 3.8) is 0 Å². The minimum Gasteiger partial charge on any atom is -0.508 e. The van der Waals surface area contributed by atoms with Crippen LogP contribution in [0, 0.1) is 0 Å². The molecule has 0 saturated carbocycles. The molecule has 0 aliphatic heterocycles. The first-order valence-corrected chi connectivity index (χ1v) is 8.05. The smallest absolute Gasteiger partial charge is 0.170 e. The van der Waals surface area contributed by atoms with E-state index in [0.29, 0.717) is 5.56 Å². The molecule has 4 nitrogen and oxygen atoms in total. The van der Waals surface area contributed by atoms with Crippen molar-refractivity contribution < 1.29 is 10.3 Å². The molecule has 0 saturated heterocycles. The highest BCUT2D eigenvalue weighted by Gasteiger charge is 2.16. The summed E-state index contributed by atoms with van der Waals surface area (Å²) in [6.07, 6.45) is 0. The molecule has 0 unspecified atom stereocenters. The lowest BCUT2D eigenvalue weighted by molar-refractivity contribution is 0.318. The third-order valence-electron chi connectivity index (χ3n) is 3.73. The van der Waals surface area contributed by atoms with E-state index in [9.17, 15) is 5.11 Å². The number of phenolic OH excluding ortho intramolecular Hbond substituents is 1. The zero-order valence-corrected chi connectivity index (χ0v) is 14.2. The number of hydrogen-bond acceptors (Lipinski definition) is 3. The van der Waals surface area contributed by atoms with Crippen molar-refractivity contribution in [2.75, 3.05) is 0 Å². The number of nitrogens with two attached hydrogens (primary N) is 1. The number of aromatic hydroxyl groups is 1. The summed E-state index contributed by atoms with van der Waals surface area (Å²) in [5.41, 5.74) is 10.2. The lowest BCUT2D eigenvalue weighted by Crippen LogP contribution is -2.15. The molecule has 0 atom stereocenters. The molecule has 3 aromatic rings. The Morgan fingerprint density at radius 3 is 2.21 bits per heavy atom. The van der Waals surface area contributed by atoms with Crippen molar-refractivity contribution in [2.45, 2.75) is 0 Å². The molecule has 3 rings (SSSR count). The van der Waals surface area contributed by atoms with Crippen molar-refractivity contribution in [3.8, 4) is 28.0 Å². The molecule has 0 aliphatic carbocycles. The highest BCUT2D eigenvalue weighted by atomic mass is 79.9. The van der Waals surface area contributed by atoms with Crippen LogP contribution in [-0.2, 0) is 0 Å². The van der Waals surface area contributed by atoms with E-state index in [0.717, 1.165) is 26.7 Å². The SMILES string of the molecule is N/C(=N\O)c1cc(Br)cc(-c2ccc(O)cc2)c1-c1ccccc1. The predicted molar refractivity (Wildman–Crippen MR) is 99.2 cm³/mol. The fourth-order valence-electron chi connectivity index (χ4n) is 2.65. The molecule has 24 heavy (non-hydrogen) atoms. The first-order chi connectivity index (χ1) is 11.6. The molecular weight excluding hydrogens is 368 g/mol. The molecule has 0 aromatic heterocycles. The Morgan fingerprint density at radius 1 is 0.917 bits per heavy atom. The average Bonchev–Trinajstić information content (AvgIpc) is 2.61. The summed E-state index contributed by atoms with van der Waals surface area (Å²) in [5.74, 6) is 0.238. The van der Waals surface area contributed by atoms with Crippen molar-refractivity contribution in [1.82, 2.24) is 0 Å². The summed E-state index contributed by atoms with van der Waals surface area (Å²) in [6, 6.07) is 20.5. The molecular formula is C19H15BrN2O2. The summed E-state index contributed by atoms with van der Waals surface area (Å²) < 4.78 is 0.812. The van der Waals surface area contributed by atoms with Gasteiger partial charge in [-0.3, -0.25) is 0 Å². The molecule has 0 heterocycles. The molecule has 4 N–H and O–H groups in total. The van der Waals surface area contributed by atoms with Gasteiger partial charge in [-0.05, 0) is 41.0 Å². The quantitative estimate of drug-likeness (QED) is 0.268. The highest BCUT2D eigenvalue weighted by Crippen LogP contribution is 2.38. The minimum absolute atomic E-state index is 0.0372. The van der Waals surface area contributed by atoms with Gasteiger partial charge in [-0.1, -0.05) is 63.6 Å². The molecule has 3 aromatic carbocycles. The molecule has 5 heteroatoms. The van der Waals surface area contributed by atoms with E-state index >= 15 is 0 Å². The van der Waals surface area contributed by atoms with E-state index in [-0.39, 0.29) is 11.6 Å². The number of nitrogens with zero attached hydrogens (tertiary/aromatic N) is 1. The van der Waals surface area contributed by atoms with Crippen LogP contribution in [0.5, 0.6) is 5.75 Å². The van der Waals surface area contributed by atoms with Gasteiger partial charge in [0.2, 0.25) is 0 Å².